The van der Waals surface area contributed by atoms with Crippen LogP contribution < -0.4 is 5.32 Å². The highest BCUT2D eigenvalue weighted by Crippen LogP contribution is 2.36. The zero-order valence-corrected chi connectivity index (χ0v) is 11.5. The van der Waals surface area contributed by atoms with Gasteiger partial charge in [-0.05, 0) is 17.7 Å². The molecule has 1 fully saturated rings. The van der Waals surface area contributed by atoms with Gasteiger partial charge in [0.1, 0.15) is 5.75 Å². The first kappa shape index (κ1) is 15.4. The van der Waals surface area contributed by atoms with Crippen molar-refractivity contribution in [2.75, 3.05) is 26.2 Å². The standard InChI is InChI=1S/C13H16ClF3N2O/c14-10-7-9(1-2-12(10)20)11(8-13(15,16)17)19-5-3-18-4-6-19/h1-2,7,11,18,20H,3-6,8H2/t11-/m1/s1. The molecule has 1 aliphatic heterocycles. The summed E-state index contributed by atoms with van der Waals surface area (Å²) < 4.78 is 38.4. The van der Waals surface area contributed by atoms with Gasteiger partial charge in [0.25, 0.3) is 0 Å². The summed E-state index contributed by atoms with van der Waals surface area (Å²) >= 11 is 5.81. The Bertz CT molecular complexity index is 461. The fraction of sp³-hybridized carbons (Fsp3) is 0.538. The zero-order chi connectivity index (χ0) is 14.8. The smallest absolute Gasteiger partial charge is 0.390 e. The summed E-state index contributed by atoms with van der Waals surface area (Å²) in [7, 11) is 0. The maximum absolute atomic E-state index is 12.8. The van der Waals surface area contributed by atoms with Crippen LogP contribution >= 0.6 is 11.6 Å². The van der Waals surface area contributed by atoms with E-state index in [0.717, 1.165) is 0 Å². The van der Waals surface area contributed by atoms with Crippen LogP contribution in [0.25, 0.3) is 0 Å². The summed E-state index contributed by atoms with van der Waals surface area (Å²) in [5, 5.41) is 12.6. The van der Waals surface area contributed by atoms with Crippen molar-refractivity contribution in [3.63, 3.8) is 0 Å². The Hall–Kier alpha value is -0.980. The van der Waals surface area contributed by atoms with Crippen molar-refractivity contribution in [2.45, 2.75) is 18.6 Å². The molecule has 0 radical (unpaired) electrons. The molecule has 112 valence electrons. The highest BCUT2D eigenvalue weighted by Gasteiger charge is 2.36. The minimum Gasteiger partial charge on any atom is -0.506 e. The second kappa shape index (κ2) is 6.20. The maximum atomic E-state index is 12.8. The summed E-state index contributed by atoms with van der Waals surface area (Å²) in [5.74, 6) is -0.124. The molecule has 20 heavy (non-hydrogen) atoms. The zero-order valence-electron chi connectivity index (χ0n) is 10.8. The molecule has 2 rings (SSSR count). The molecule has 0 unspecified atom stereocenters. The summed E-state index contributed by atoms with van der Waals surface area (Å²) in [5.41, 5.74) is 0.479. The maximum Gasteiger partial charge on any atom is 0.390 e. The van der Waals surface area contributed by atoms with Crippen LogP contribution in [-0.2, 0) is 0 Å². The molecule has 0 spiro atoms. The molecular weight excluding hydrogens is 293 g/mol. The Labute approximate surface area is 120 Å². The minimum absolute atomic E-state index is 0.0739. The number of hydrogen-bond donors (Lipinski definition) is 2. The van der Waals surface area contributed by atoms with Gasteiger partial charge in [-0.2, -0.15) is 13.2 Å². The predicted octanol–water partition coefficient (Wildman–Crippen LogP) is 2.94. The third-order valence-electron chi connectivity index (χ3n) is 3.37. The Kier molecular flexibility index (Phi) is 4.78. The van der Waals surface area contributed by atoms with Gasteiger partial charge in [0.05, 0.1) is 11.4 Å². The highest BCUT2D eigenvalue weighted by molar-refractivity contribution is 6.32. The van der Waals surface area contributed by atoms with E-state index in [1.807, 2.05) is 0 Å². The number of rotatable bonds is 3. The van der Waals surface area contributed by atoms with Crippen molar-refractivity contribution in [2.24, 2.45) is 0 Å². The van der Waals surface area contributed by atoms with Gasteiger partial charge in [-0.25, -0.2) is 0 Å². The van der Waals surface area contributed by atoms with Crippen LogP contribution in [0, 0.1) is 0 Å². The van der Waals surface area contributed by atoms with Crippen molar-refractivity contribution in [3.8, 4) is 5.75 Å². The lowest BCUT2D eigenvalue weighted by atomic mass is 10.0. The summed E-state index contributed by atoms with van der Waals surface area (Å²) in [6.07, 6.45) is -5.17. The first-order valence-electron chi connectivity index (χ1n) is 6.37. The molecule has 0 bridgehead atoms. The normalized spacial score (nSPS) is 19.0. The van der Waals surface area contributed by atoms with Crippen molar-refractivity contribution >= 4 is 11.6 Å². The molecule has 1 aromatic carbocycles. The molecule has 1 atom stereocenters. The van der Waals surface area contributed by atoms with Gasteiger partial charge in [-0.15, -0.1) is 0 Å². The van der Waals surface area contributed by atoms with E-state index in [0.29, 0.717) is 31.7 Å². The molecule has 1 saturated heterocycles. The van der Waals surface area contributed by atoms with Crippen molar-refractivity contribution in [1.29, 1.82) is 0 Å². The fourth-order valence-electron chi connectivity index (χ4n) is 2.40. The number of aromatic hydroxyl groups is 1. The molecular formula is C13H16ClF3N2O. The van der Waals surface area contributed by atoms with E-state index in [4.69, 9.17) is 11.6 Å². The van der Waals surface area contributed by atoms with Crippen molar-refractivity contribution in [1.82, 2.24) is 10.2 Å². The molecule has 7 heteroatoms. The van der Waals surface area contributed by atoms with Gasteiger partial charge >= 0.3 is 6.18 Å². The van der Waals surface area contributed by atoms with Crippen LogP contribution in [0.1, 0.15) is 18.0 Å². The van der Waals surface area contributed by atoms with Crippen LogP contribution in [0.15, 0.2) is 18.2 Å². The van der Waals surface area contributed by atoms with Crippen molar-refractivity contribution < 1.29 is 18.3 Å². The second-order valence-corrected chi connectivity index (χ2v) is 5.24. The number of benzene rings is 1. The Balaban J connectivity index is 2.26. The fourth-order valence-corrected chi connectivity index (χ4v) is 2.59. The predicted molar refractivity (Wildman–Crippen MR) is 71.0 cm³/mol. The first-order chi connectivity index (χ1) is 9.37. The lowest BCUT2D eigenvalue weighted by Gasteiger charge is -2.35. The second-order valence-electron chi connectivity index (χ2n) is 4.83. The minimum atomic E-state index is -4.25. The summed E-state index contributed by atoms with van der Waals surface area (Å²) in [4.78, 5) is 1.80. The average Bonchev–Trinajstić information content (AvgIpc) is 2.39. The van der Waals surface area contributed by atoms with Crippen LogP contribution in [0.4, 0.5) is 13.2 Å². The molecule has 2 N–H and O–H groups in total. The first-order valence-corrected chi connectivity index (χ1v) is 6.74. The molecule has 1 aliphatic rings. The lowest BCUT2D eigenvalue weighted by molar-refractivity contribution is -0.148. The van der Waals surface area contributed by atoms with Gasteiger partial charge in [0.2, 0.25) is 0 Å². The van der Waals surface area contributed by atoms with Gasteiger partial charge in [-0.1, -0.05) is 17.7 Å². The molecule has 0 aliphatic carbocycles. The number of alkyl halides is 3. The Morgan fingerprint density at radius 2 is 1.95 bits per heavy atom. The van der Waals surface area contributed by atoms with E-state index >= 15 is 0 Å². The van der Waals surface area contributed by atoms with Gasteiger partial charge in [0, 0.05) is 32.2 Å². The molecule has 3 nitrogen and oxygen atoms in total. The van der Waals surface area contributed by atoms with E-state index in [1.54, 1.807) is 4.90 Å². The Morgan fingerprint density at radius 3 is 2.50 bits per heavy atom. The van der Waals surface area contributed by atoms with Crippen LogP contribution in [0.5, 0.6) is 5.75 Å². The molecule has 0 aromatic heterocycles. The largest absolute Gasteiger partial charge is 0.506 e. The molecule has 0 amide bonds. The average molecular weight is 309 g/mol. The summed E-state index contributed by atoms with van der Waals surface area (Å²) in [6.45, 7) is 2.44. The van der Waals surface area contributed by atoms with Crippen molar-refractivity contribution in [3.05, 3.63) is 28.8 Å². The number of phenolic OH excluding ortho intramolecular Hbond substituents is 1. The van der Waals surface area contributed by atoms with Crippen LogP contribution in [-0.4, -0.2) is 42.4 Å². The number of hydrogen-bond acceptors (Lipinski definition) is 3. The van der Waals surface area contributed by atoms with E-state index in [2.05, 4.69) is 5.32 Å². The number of halogens is 4. The van der Waals surface area contributed by atoms with Gasteiger partial charge in [-0.3, -0.25) is 4.90 Å². The van der Waals surface area contributed by atoms with E-state index in [1.165, 1.54) is 18.2 Å². The number of nitrogens with zero attached hydrogens (tertiary/aromatic N) is 1. The van der Waals surface area contributed by atoms with E-state index in [-0.39, 0.29) is 10.8 Å². The molecule has 1 heterocycles. The van der Waals surface area contributed by atoms with E-state index in [9.17, 15) is 18.3 Å². The number of nitrogens with one attached hydrogen (secondary N) is 1. The SMILES string of the molecule is Oc1ccc([C@@H](CC(F)(F)F)N2CCNCC2)cc1Cl. The molecule has 1 aromatic rings. The molecule has 0 saturated carbocycles. The number of piperazine rings is 1. The van der Waals surface area contributed by atoms with Crippen LogP contribution in [0.2, 0.25) is 5.02 Å². The number of phenols is 1. The van der Waals surface area contributed by atoms with Gasteiger partial charge < -0.3 is 10.4 Å². The third-order valence-corrected chi connectivity index (χ3v) is 3.68. The monoisotopic (exact) mass is 308 g/mol. The third kappa shape index (κ3) is 4.01. The van der Waals surface area contributed by atoms with E-state index < -0.39 is 18.6 Å². The van der Waals surface area contributed by atoms with Gasteiger partial charge in [0.15, 0.2) is 0 Å². The quantitative estimate of drug-likeness (QED) is 0.901. The lowest BCUT2D eigenvalue weighted by Crippen LogP contribution is -2.46. The topological polar surface area (TPSA) is 35.5 Å². The van der Waals surface area contributed by atoms with Crippen LogP contribution in [0.3, 0.4) is 0 Å². The summed E-state index contributed by atoms with van der Waals surface area (Å²) in [6, 6.07) is 3.48. The Morgan fingerprint density at radius 1 is 1.30 bits per heavy atom. The highest BCUT2D eigenvalue weighted by atomic mass is 35.5.